The van der Waals surface area contributed by atoms with Crippen molar-refractivity contribution in [2.24, 2.45) is 0 Å². The maximum absolute atomic E-state index is 5.71. The van der Waals surface area contributed by atoms with Gasteiger partial charge in [-0.25, -0.2) is 0 Å². The minimum absolute atomic E-state index is 0.439. The summed E-state index contributed by atoms with van der Waals surface area (Å²) in [4.78, 5) is 0. The highest BCUT2D eigenvalue weighted by Crippen LogP contribution is 2.24. The van der Waals surface area contributed by atoms with Gasteiger partial charge < -0.3 is 4.74 Å². The van der Waals surface area contributed by atoms with Gasteiger partial charge in [0.25, 0.3) is 0 Å². The Morgan fingerprint density at radius 3 is 3.08 bits per heavy atom. The molecular formula is C12H16O. The molecule has 1 aliphatic heterocycles. The van der Waals surface area contributed by atoms with E-state index in [0.717, 1.165) is 19.4 Å². The quantitative estimate of drug-likeness (QED) is 0.639. The maximum atomic E-state index is 5.71. The molecule has 2 rings (SSSR count). The van der Waals surface area contributed by atoms with Crippen LogP contribution in [0.5, 0.6) is 0 Å². The summed E-state index contributed by atoms with van der Waals surface area (Å²) in [6.45, 7) is 5.18. The number of hydrogen-bond acceptors (Lipinski definition) is 1. The fourth-order valence-electron chi connectivity index (χ4n) is 1.95. The van der Waals surface area contributed by atoms with Gasteiger partial charge in [0.2, 0.25) is 0 Å². The van der Waals surface area contributed by atoms with Gasteiger partial charge in [0, 0.05) is 0 Å². The summed E-state index contributed by atoms with van der Waals surface area (Å²) in [5, 5.41) is 0. The van der Waals surface area contributed by atoms with Gasteiger partial charge in [-0.3, -0.25) is 0 Å². The largest absolute Gasteiger partial charge is 0.373 e. The lowest BCUT2D eigenvalue weighted by Crippen LogP contribution is -2.22. The van der Waals surface area contributed by atoms with Crippen LogP contribution in [0.1, 0.15) is 30.0 Å². The second-order valence-electron chi connectivity index (χ2n) is 3.76. The summed E-state index contributed by atoms with van der Waals surface area (Å²) in [5.74, 6) is 0. The predicted octanol–water partition coefficient (Wildman–Crippen LogP) is 2.85. The first-order chi connectivity index (χ1) is 6.31. The Morgan fingerprint density at radius 1 is 1.46 bits per heavy atom. The van der Waals surface area contributed by atoms with E-state index in [-0.39, 0.29) is 0 Å². The van der Waals surface area contributed by atoms with Gasteiger partial charge in [0.05, 0.1) is 12.7 Å². The zero-order valence-corrected chi connectivity index (χ0v) is 8.34. The topological polar surface area (TPSA) is 9.23 Å². The van der Waals surface area contributed by atoms with Crippen LogP contribution in [0.2, 0.25) is 0 Å². The molecule has 1 heteroatoms. The molecule has 0 amide bonds. The standard InChI is InChI=1S/C12H16O/c1-3-11-7-12-9(2)5-4-6-10(12)8-13-11/h4-6,11H,3,7-8H2,1-2H3/t11-/m1/s1. The summed E-state index contributed by atoms with van der Waals surface area (Å²) in [7, 11) is 0. The van der Waals surface area contributed by atoms with E-state index in [1.54, 1.807) is 0 Å². The van der Waals surface area contributed by atoms with Crippen molar-refractivity contribution in [2.45, 2.75) is 39.4 Å². The third kappa shape index (κ3) is 1.61. The Labute approximate surface area is 79.7 Å². The zero-order valence-electron chi connectivity index (χ0n) is 8.34. The number of ether oxygens (including phenoxy) is 1. The van der Waals surface area contributed by atoms with Crippen molar-refractivity contribution in [2.75, 3.05) is 0 Å². The van der Waals surface area contributed by atoms with E-state index in [0.29, 0.717) is 6.10 Å². The Hall–Kier alpha value is -0.820. The van der Waals surface area contributed by atoms with Crippen molar-refractivity contribution in [1.29, 1.82) is 0 Å². The van der Waals surface area contributed by atoms with E-state index < -0.39 is 0 Å². The van der Waals surface area contributed by atoms with Crippen molar-refractivity contribution in [3.63, 3.8) is 0 Å². The first kappa shape index (κ1) is 8.76. The minimum atomic E-state index is 0.439. The van der Waals surface area contributed by atoms with Crippen LogP contribution in [0.15, 0.2) is 18.2 Å². The highest BCUT2D eigenvalue weighted by molar-refractivity contribution is 5.35. The third-order valence-corrected chi connectivity index (χ3v) is 2.87. The molecule has 0 spiro atoms. The molecule has 1 atom stereocenters. The van der Waals surface area contributed by atoms with E-state index in [2.05, 4.69) is 32.0 Å². The van der Waals surface area contributed by atoms with Crippen LogP contribution in [-0.2, 0) is 17.8 Å². The van der Waals surface area contributed by atoms with Crippen molar-refractivity contribution < 1.29 is 4.74 Å². The number of rotatable bonds is 1. The Kier molecular flexibility index (Phi) is 2.36. The average molecular weight is 176 g/mol. The summed E-state index contributed by atoms with van der Waals surface area (Å²) in [6.07, 6.45) is 2.65. The molecule has 0 radical (unpaired) electrons. The van der Waals surface area contributed by atoms with Crippen molar-refractivity contribution >= 4 is 0 Å². The molecule has 0 saturated heterocycles. The smallest absolute Gasteiger partial charge is 0.0723 e. The van der Waals surface area contributed by atoms with Gasteiger partial charge in [-0.2, -0.15) is 0 Å². The first-order valence-corrected chi connectivity index (χ1v) is 5.00. The molecule has 1 nitrogen and oxygen atoms in total. The van der Waals surface area contributed by atoms with Gasteiger partial charge in [0.1, 0.15) is 0 Å². The fourth-order valence-corrected chi connectivity index (χ4v) is 1.95. The van der Waals surface area contributed by atoms with Gasteiger partial charge in [0.15, 0.2) is 0 Å². The van der Waals surface area contributed by atoms with E-state index in [1.807, 2.05) is 0 Å². The zero-order chi connectivity index (χ0) is 9.26. The predicted molar refractivity (Wildman–Crippen MR) is 53.8 cm³/mol. The van der Waals surface area contributed by atoms with Crippen LogP contribution in [0.25, 0.3) is 0 Å². The SMILES string of the molecule is CC[C@@H]1Cc2c(C)cccc2CO1. The molecule has 70 valence electrons. The summed E-state index contributed by atoms with van der Waals surface area (Å²) in [5.41, 5.74) is 4.31. The molecule has 0 fully saturated rings. The lowest BCUT2D eigenvalue weighted by atomic mass is 9.94. The molecule has 0 N–H and O–H groups in total. The van der Waals surface area contributed by atoms with Crippen LogP contribution >= 0.6 is 0 Å². The van der Waals surface area contributed by atoms with Crippen LogP contribution in [-0.4, -0.2) is 6.10 Å². The van der Waals surface area contributed by atoms with Crippen LogP contribution in [0.4, 0.5) is 0 Å². The Bertz CT molecular complexity index is 304. The van der Waals surface area contributed by atoms with Crippen LogP contribution in [0, 0.1) is 6.92 Å². The molecular weight excluding hydrogens is 160 g/mol. The summed E-state index contributed by atoms with van der Waals surface area (Å²) >= 11 is 0. The highest BCUT2D eigenvalue weighted by atomic mass is 16.5. The van der Waals surface area contributed by atoms with Gasteiger partial charge >= 0.3 is 0 Å². The lowest BCUT2D eigenvalue weighted by Gasteiger charge is -2.25. The van der Waals surface area contributed by atoms with Crippen molar-refractivity contribution in [3.05, 3.63) is 34.9 Å². The molecule has 0 aromatic heterocycles. The number of benzene rings is 1. The van der Waals surface area contributed by atoms with E-state index in [9.17, 15) is 0 Å². The van der Waals surface area contributed by atoms with Crippen molar-refractivity contribution in [3.8, 4) is 0 Å². The maximum Gasteiger partial charge on any atom is 0.0723 e. The lowest BCUT2D eigenvalue weighted by molar-refractivity contribution is 0.0262. The molecule has 1 aromatic rings. The van der Waals surface area contributed by atoms with Gasteiger partial charge in [-0.15, -0.1) is 0 Å². The molecule has 0 saturated carbocycles. The molecule has 1 aromatic carbocycles. The second-order valence-corrected chi connectivity index (χ2v) is 3.76. The molecule has 1 heterocycles. The van der Waals surface area contributed by atoms with E-state index in [1.165, 1.54) is 16.7 Å². The minimum Gasteiger partial charge on any atom is -0.373 e. The molecule has 0 aliphatic carbocycles. The summed E-state index contributed by atoms with van der Waals surface area (Å²) < 4.78 is 5.71. The molecule has 13 heavy (non-hydrogen) atoms. The highest BCUT2D eigenvalue weighted by Gasteiger charge is 2.18. The summed E-state index contributed by atoms with van der Waals surface area (Å²) in [6, 6.07) is 6.48. The Balaban J connectivity index is 2.32. The average Bonchev–Trinajstić information content (AvgIpc) is 2.18. The molecule has 0 unspecified atom stereocenters. The number of hydrogen-bond donors (Lipinski definition) is 0. The molecule has 0 bridgehead atoms. The van der Waals surface area contributed by atoms with Crippen LogP contribution in [0.3, 0.4) is 0 Å². The van der Waals surface area contributed by atoms with E-state index in [4.69, 9.17) is 4.74 Å². The van der Waals surface area contributed by atoms with Crippen LogP contribution < -0.4 is 0 Å². The van der Waals surface area contributed by atoms with E-state index >= 15 is 0 Å². The van der Waals surface area contributed by atoms with Gasteiger partial charge in [-0.1, -0.05) is 25.1 Å². The first-order valence-electron chi connectivity index (χ1n) is 5.00. The third-order valence-electron chi connectivity index (χ3n) is 2.87. The molecule has 1 aliphatic rings. The fraction of sp³-hybridized carbons (Fsp3) is 0.500. The van der Waals surface area contributed by atoms with Crippen molar-refractivity contribution in [1.82, 2.24) is 0 Å². The number of fused-ring (bicyclic) bond motifs is 1. The monoisotopic (exact) mass is 176 g/mol. The number of aryl methyl sites for hydroxylation is 1. The van der Waals surface area contributed by atoms with Gasteiger partial charge in [-0.05, 0) is 36.5 Å². The normalized spacial score (nSPS) is 21.2. The second kappa shape index (κ2) is 3.51. The Morgan fingerprint density at radius 2 is 2.31 bits per heavy atom.